The second-order valence-corrected chi connectivity index (χ2v) is 4.74. The largest absolute Gasteiger partial charge is 0.494 e. The quantitative estimate of drug-likeness (QED) is 0.922. The van der Waals surface area contributed by atoms with Crippen LogP contribution < -0.4 is 10.5 Å². The summed E-state index contributed by atoms with van der Waals surface area (Å²) in [6.45, 7) is 0.555. The van der Waals surface area contributed by atoms with Gasteiger partial charge in [-0.25, -0.2) is 0 Å². The van der Waals surface area contributed by atoms with Gasteiger partial charge in [0.25, 0.3) is 0 Å². The molecule has 1 heterocycles. The summed E-state index contributed by atoms with van der Waals surface area (Å²) < 4.78 is 6.64. The van der Waals surface area contributed by atoms with Gasteiger partial charge in [0, 0.05) is 29.5 Å². The third-order valence-electron chi connectivity index (χ3n) is 2.47. The molecule has 0 spiro atoms. The highest BCUT2D eigenvalue weighted by molar-refractivity contribution is 9.10. The molecule has 1 aromatic heterocycles. The lowest BCUT2D eigenvalue weighted by atomic mass is 10.2. The Morgan fingerprint density at radius 2 is 2.00 bits per heavy atom. The van der Waals surface area contributed by atoms with Crippen molar-refractivity contribution in [3.8, 4) is 5.75 Å². The van der Waals surface area contributed by atoms with E-state index in [9.17, 15) is 0 Å². The molecule has 94 valence electrons. The Kier molecular flexibility index (Phi) is 4.66. The highest BCUT2D eigenvalue weighted by Crippen LogP contribution is 2.17. The topological polar surface area (TPSA) is 61.0 Å². The summed E-state index contributed by atoms with van der Waals surface area (Å²) in [5, 5.41) is 0. The van der Waals surface area contributed by atoms with E-state index in [1.54, 1.807) is 18.6 Å². The minimum Gasteiger partial charge on any atom is -0.494 e. The normalized spacial score (nSPS) is 12.1. The molecule has 0 aliphatic rings. The summed E-state index contributed by atoms with van der Waals surface area (Å²) in [6.07, 6.45) is 5.67. The van der Waals surface area contributed by atoms with Crippen molar-refractivity contribution < 1.29 is 4.74 Å². The molecule has 5 heteroatoms. The van der Waals surface area contributed by atoms with E-state index in [1.165, 1.54) is 0 Å². The summed E-state index contributed by atoms with van der Waals surface area (Å²) in [5.41, 5.74) is 6.78. The highest BCUT2D eigenvalue weighted by atomic mass is 79.9. The number of benzene rings is 1. The van der Waals surface area contributed by atoms with Crippen molar-refractivity contribution in [2.45, 2.75) is 12.5 Å². The van der Waals surface area contributed by atoms with Gasteiger partial charge < -0.3 is 10.5 Å². The molecule has 1 unspecified atom stereocenters. The predicted octanol–water partition coefficient (Wildman–Crippen LogP) is 2.71. The Balaban J connectivity index is 1.80. The van der Waals surface area contributed by atoms with Gasteiger partial charge in [0.2, 0.25) is 0 Å². The van der Waals surface area contributed by atoms with Gasteiger partial charge in [-0.1, -0.05) is 15.9 Å². The second kappa shape index (κ2) is 6.47. The van der Waals surface area contributed by atoms with Crippen LogP contribution >= 0.6 is 15.9 Å². The maximum Gasteiger partial charge on any atom is 0.119 e. The Bertz CT molecular complexity index is 475. The molecule has 0 saturated carbocycles. The van der Waals surface area contributed by atoms with Crippen LogP contribution in [-0.4, -0.2) is 16.6 Å². The maximum atomic E-state index is 5.99. The Morgan fingerprint density at radius 3 is 2.67 bits per heavy atom. The fourth-order valence-corrected chi connectivity index (χ4v) is 1.75. The lowest BCUT2D eigenvalue weighted by Gasteiger charge is -2.11. The molecule has 0 aliphatic heterocycles. The average molecular weight is 308 g/mol. The van der Waals surface area contributed by atoms with Crippen LogP contribution in [0.4, 0.5) is 0 Å². The number of hydrogen-bond acceptors (Lipinski definition) is 4. The highest BCUT2D eigenvalue weighted by Gasteiger charge is 2.07. The van der Waals surface area contributed by atoms with Crippen molar-refractivity contribution in [1.29, 1.82) is 0 Å². The second-order valence-electron chi connectivity index (χ2n) is 3.83. The van der Waals surface area contributed by atoms with Crippen LogP contribution in [-0.2, 0) is 0 Å². The van der Waals surface area contributed by atoms with Crippen LogP contribution in [0.2, 0.25) is 0 Å². The van der Waals surface area contributed by atoms with Crippen LogP contribution in [0.25, 0.3) is 0 Å². The van der Waals surface area contributed by atoms with Crippen LogP contribution in [0.15, 0.2) is 47.3 Å². The van der Waals surface area contributed by atoms with E-state index in [4.69, 9.17) is 10.5 Å². The molecule has 2 aromatic rings. The van der Waals surface area contributed by atoms with Crippen molar-refractivity contribution >= 4 is 15.9 Å². The van der Waals surface area contributed by atoms with E-state index < -0.39 is 0 Å². The lowest BCUT2D eigenvalue weighted by molar-refractivity contribution is 0.297. The number of halogens is 1. The van der Waals surface area contributed by atoms with Gasteiger partial charge >= 0.3 is 0 Å². The lowest BCUT2D eigenvalue weighted by Crippen LogP contribution is -2.15. The van der Waals surface area contributed by atoms with Crippen molar-refractivity contribution in [1.82, 2.24) is 9.97 Å². The Labute approximate surface area is 114 Å². The van der Waals surface area contributed by atoms with Crippen LogP contribution in [0.3, 0.4) is 0 Å². The van der Waals surface area contributed by atoms with Gasteiger partial charge in [-0.15, -0.1) is 0 Å². The van der Waals surface area contributed by atoms with Gasteiger partial charge in [-0.3, -0.25) is 9.97 Å². The minimum absolute atomic E-state index is 0.144. The van der Waals surface area contributed by atoms with Gasteiger partial charge in [0.05, 0.1) is 18.3 Å². The molecule has 1 aromatic carbocycles. The molecule has 0 aliphatic carbocycles. The van der Waals surface area contributed by atoms with Crippen molar-refractivity contribution in [2.75, 3.05) is 6.61 Å². The summed E-state index contributed by atoms with van der Waals surface area (Å²) in [7, 11) is 0. The smallest absolute Gasteiger partial charge is 0.119 e. The van der Waals surface area contributed by atoms with Crippen molar-refractivity contribution in [3.05, 3.63) is 53.0 Å². The monoisotopic (exact) mass is 307 g/mol. The molecule has 0 saturated heterocycles. The molecule has 1 atom stereocenters. The first-order valence-electron chi connectivity index (χ1n) is 5.65. The Hall–Kier alpha value is -1.46. The number of hydrogen-bond donors (Lipinski definition) is 1. The first-order valence-corrected chi connectivity index (χ1v) is 6.45. The molecule has 18 heavy (non-hydrogen) atoms. The number of aromatic nitrogens is 2. The molecule has 0 fully saturated rings. The van der Waals surface area contributed by atoms with E-state index in [2.05, 4.69) is 25.9 Å². The van der Waals surface area contributed by atoms with Crippen LogP contribution in [0.5, 0.6) is 5.75 Å². The van der Waals surface area contributed by atoms with Gasteiger partial charge in [0.15, 0.2) is 0 Å². The van der Waals surface area contributed by atoms with E-state index in [0.717, 1.165) is 15.9 Å². The molecular weight excluding hydrogens is 294 g/mol. The fourth-order valence-electron chi connectivity index (χ4n) is 1.48. The zero-order chi connectivity index (χ0) is 12.8. The molecule has 0 amide bonds. The third kappa shape index (κ3) is 3.78. The third-order valence-corrected chi connectivity index (χ3v) is 3.00. The molecule has 0 bridgehead atoms. The molecule has 2 N–H and O–H groups in total. The fraction of sp³-hybridized carbons (Fsp3) is 0.231. The summed E-state index contributed by atoms with van der Waals surface area (Å²) in [5.74, 6) is 0.838. The average Bonchev–Trinajstić information content (AvgIpc) is 2.42. The summed E-state index contributed by atoms with van der Waals surface area (Å²) in [4.78, 5) is 8.16. The summed E-state index contributed by atoms with van der Waals surface area (Å²) in [6, 6.07) is 7.57. The van der Waals surface area contributed by atoms with E-state index in [-0.39, 0.29) is 6.04 Å². The van der Waals surface area contributed by atoms with Gasteiger partial charge in [-0.2, -0.15) is 0 Å². The van der Waals surface area contributed by atoms with Gasteiger partial charge in [-0.05, 0) is 24.3 Å². The molecule has 2 rings (SSSR count). The predicted molar refractivity (Wildman–Crippen MR) is 73.2 cm³/mol. The number of nitrogens with zero attached hydrogens (tertiary/aromatic N) is 2. The van der Waals surface area contributed by atoms with E-state index in [0.29, 0.717) is 13.0 Å². The van der Waals surface area contributed by atoms with E-state index >= 15 is 0 Å². The first kappa shape index (κ1) is 13.0. The zero-order valence-electron chi connectivity index (χ0n) is 9.79. The van der Waals surface area contributed by atoms with Gasteiger partial charge in [0.1, 0.15) is 5.75 Å². The molecular formula is C13H14BrN3O. The maximum absolute atomic E-state index is 5.99. The van der Waals surface area contributed by atoms with Crippen LogP contribution in [0, 0.1) is 0 Å². The standard InChI is InChI=1S/C13H14BrN3O/c14-10-1-3-11(4-2-10)18-8-5-12(15)13-9-16-6-7-17-13/h1-4,6-7,9,12H,5,8,15H2. The van der Waals surface area contributed by atoms with Crippen LogP contribution in [0.1, 0.15) is 18.2 Å². The number of rotatable bonds is 5. The number of ether oxygens (including phenoxy) is 1. The number of nitrogens with two attached hydrogens (primary N) is 1. The van der Waals surface area contributed by atoms with E-state index in [1.807, 2.05) is 24.3 Å². The molecule has 4 nitrogen and oxygen atoms in total. The van der Waals surface area contributed by atoms with Crippen molar-refractivity contribution in [3.63, 3.8) is 0 Å². The summed E-state index contributed by atoms with van der Waals surface area (Å²) >= 11 is 3.38. The SMILES string of the molecule is NC(CCOc1ccc(Br)cc1)c1cnccn1. The first-order chi connectivity index (χ1) is 8.75. The Morgan fingerprint density at radius 1 is 1.22 bits per heavy atom. The van der Waals surface area contributed by atoms with Crippen molar-refractivity contribution in [2.24, 2.45) is 5.73 Å². The zero-order valence-corrected chi connectivity index (χ0v) is 11.4. The minimum atomic E-state index is -0.144. The molecule has 0 radical (unpaired) electrons.